The first kappa shape index (κ1) is 18.1. The van der Waals surface area contributed by atoms with Crippen molar-refractivity contribution in [3.8, 4) is 0 Å². The van der Waals surface area contributed by atoms with Crippen LogP contribution in [0.4, 0.5) is 0 Å². The summed E-state index contributed by atoms with van der Waals surface area (Å²) in [6.45, 7) is 5.20. The van der Waals surface area contributed by atoms with Crippen molar-refractivity contribution in [2.75, 3.05) is 20.3 Å². The molecule has 0 unspecified atom stereocenters. The first-order valence-electron chi connectivity index (χ1n) is 7.13. The molecule has 0 aliphatic carbocycles. The van der Waals surface area contributed by atoms with Gasteiger partial charge in [-0.15, -0.1) is 0 Å². The van der Waals surface area contributed by atoms with Crippen LogP contribution in [-0.4, -0.2) is 20.3 Å². The van der Waals surface area contributed by atoms with E-state index in [1.165, 1.54) is 32.8 Å². The number of hydrogen-bond acceptors (Lipinski definition) is 4. The highest BCUT2D eigenvalue weighted by molar-refractivity contribution is 7.48. The molecule has 4 nitrogen and oxygen atoms in total. The average Bonchev–Trinajstić information content (AvgIpc) is 2.38. The van der Waals surface area contributed by atoms with Gasteiger partial charge in [-0.25, -0.2) is 4.57 Å². The van der Waals surface area contributed by atoms with Crippen LogP contribution in [0.25, 0.3) is 0 Å². The molecular weight excluding hydrogens is 251 g/mol. The molecule has 0 aromatic carbocycles. The Labute approximate surface area is 112 Å². The van der Waals surface area contributed by atoms with E-state index in [9.17, 15) is 4.57 Å². The summed E-state index contributed by atoms with van der Waals surface area (Å²) in [5.41, 5.74) is 0. The van der Waals surface area contributed by atoms with Gasteiger partial charge in [-0.05, 0) is 12.8 Å². The first-order chi connectivity index (χ1) is 8.68. The zero-order chi connectivity index (χ0) is 13.7. The van der Waals surface area contributed by atoms with Gasteiger partial charge < -0.3 is 0 Å². The van der Waals surface area contributed by atoms with Crippen LogP contribution in [0.2, 0.25) is 0 Å². The third kappa shape index (κ3) is 10.1. The first-order valence-corrected chi connectivity index (χ1v) is 8.59. The Balaban J connectivity index is 3.64. The Morgan fingerprint density at radius 3 is 1.56 bits per heavy atom. The van der Waals surface area contributed by atoms with Gasteiger partial charge in [0.25, 0.3) is 0 Å². The predicted molar refractivity (Wildman–Crippen MR) is 74.8 cm³/mol. The Bertz CT molecular complexity index is 203. The maximum absolute atomic E-state index is 12.0. The van der Waals surface area contributed by atoms with E-state index in [0.717, 1.165) is 25.7 Å². The van der Waals surface area contributed by atoms with Crippen molar-refractivity contribution < 1.29 is 18.1 Å². The fourth-order valence-electron chi connectivity index (χ4n) is 1.55. The topological polar surface area (TPSA) is 44.8 Å². The molecule has 0 rings (SSSR count). The molecule has 0 heterocycles. The molecule has 0 N–H and O–H groups in total. The van der Waals surface area contributed by atoms with Gasteiger partial charge in [0, 0.05) is 7.11 Å². The van der Waals surface area contributed by atoms with E-state index in [-0.39, 0.29) is 0 Å². The minimum Gasteiger partial charge on any atom is -0.290 e. The minimum atomic E-state index is -3.30. The normalized spacial score (nSPS) is 11.9. The molecule has 0 radical (unpaired) electrons. The van der Waals surface area contributed by atoms with Crippen molar-refractivity contribution in [2.24, 2.45) is 0 Å². The highest BCUT2D eigenvalue weighted by Gasteiger charge is 2.23. The number of unbranched alkanes of at least 4 members (excludes halogenated alkanes) is 6. The third-order valence-corrected chi connectivity index (χ3v) is 4.16. The maximum Gasteiger partial charge on any atom is 0.474 e. The SMILES string of the molecule is CCCCCCOP(=O)(OC)OCCCCCC. The number of phosphoric acid groups is 1. The van der Waals surface area contributed by atoms with E-state index in [0.29, 0.717) is 13.2 Å². The number of hydrogen-bond donors (Lipinski definition) is 0. The average molecular weight is 280 g/mol. The van der Waals surface area contributed by atoms with E-state index in [1.807, 2.05) is 0 Å². The summed E-state index contributed by atoms with van der Waals surface area (Å²) >= 11 is 0. The maximum atomic E-state index is 12.0. The van der Waals surface area contributed by atoms with Crippen molar-refractivity contribution >= 4 is 7.82 Å². The Morgan fingerprint density at radius 2 is 1.22 bits per heavy atom. The third-order valence-electron chi connectivity index (χ3n) is 2.72. The second kappa shape index (κ2) is 12.2. The van der Waals surface area contributed by atoms with Crippen molar-refractivity contribution in [1.29, 1.82) is 0 Å². The lowest BCUT2D eigenvalue weighted by Crippen LogP contribution is -2.01. The molecule has 0 aromatic heterocycles. The van der Waals surface area contributed by atoms with Crippen LogP contribution in [0.5, 0.6) is 0 Å². The molecular formula is C13H29O4P. The quantitative estimate of drug-likeness (QED) is 0.354. The molecule has 0 atom stereocenters. The van der Waals surface area contributed by atoms with Gasteiger partial charge in [-0.3, -0.25) is 13.6 Å². The van der Waals surface area contributed by atoms with Gasteiger partial charge in [0.1, 0.15) is 0 Å². The molecule has 0 aromatic rings. The minimum absolute atomic E-state index is 0.445. The zero-order valence-electron chi connectivity index (χ0n) is 12.2. The number of phosphoric ester groups is 1. The Morgan fingerprint density at radius 1 is 0.778 bits per heavy atom. The lowest BCUT2D eigenvalue weighted by Gasteiger charge is -2.15. The van der Waals surface area contributed by atoms with E-state index in [2.05, 4.69) is 13.8 Å². The van der Waals surface area contributed by atoms with Gasteiger partial charge in [-0.1, -0.05) is 52.4 Å². The highest BCUT2D eigenvalue weighted by Crippen LogP contribution is 2.48. The van der Waals surface area contributed by atoms with Crippen LogP contribution in [0, 0.1) is 0 Å². The molecule has 18 heavy (non-hydrogen) atoms. The van der Waals surface area contributed by atoms with Crippen LogP contribution in [-0.2, 0) is 18.1 Å². The van der Waals surface area contributed by atoms with Crippen molar-refractivity contribution in [1.82, 2.24) is 0 Å². The van der Waals surface area contributed by atoms with Crippen molar-refractivity contribution in [2.45, 2.75) is 65.2 Å². The highest BCUT2D eigenvalue weighted by atomic mass is 31.2. The van der Waals surface area contributed by atoms with Crippen LogP contribution in [0.3, 0.4) is 0 Å². The van der Waals surface area contributed by atoms with Gasteiger partial charge >= 0.3 is 7.82 Å². The summed E-state index contributed by atoms with van der Waals surface area (Å²) in [7, 11) is -1.92. The predicted octanol–water partition coefficient (Wildman–Crippen LogP) is 4.93. The summed E-state index contributed by atoms with van der Waals surface area (Å²) in [5, 5.41) is 0. The van der Waals surface area contributed by atoms with E-state index in [1.54, 1.807) is 0 Å². The molecule has 0 bridgehead atoms. The largest absolute Gasteiger partial charge is 0.474 e. The second-order valence-corrected chi connectivity index (χ2v) is 6.19. The Kier molecular flexibility index (Phi) is 12.2. The molecule has 0 aliphatic heterocycles. The van der Waals surface area contributed by atoms with Crippen LogP contribution in [0.15, 0.2) is 0 Å². The molecule has 0 amide bonds. The Hall–Kier alpha value is 0.110. The molecule has 0 spiro atoms. The lowest BCUT2D eigenvalue weighted by molar-refractivity contribution is 0.127. The lowest BCUT2D eigenvalue weighted by atomic mass is 10.2. The fourth-order valence-corrected chi connectivity index (χ4v) is 2.54. The molecule has 110 valence electrons. The smallest absolute Gasteiger partial charge is 0.290 e. The van der Waals surface area contributed by atoms with Crippen molar-refractivity contribution in [3.63, 3.8) is 0 Å². The van der Waals surface area contributed by atoms with Gasteiger partial charge in [-0.2, -0.15) is 0 Å². The number of rotatable bonds is 13. The zero-order valence-corrected chi connectivity index (χ0v) is 13.0. The second-order valence-electron chi connectivity index (χ2n) is 4.42. The molecule has 0 saturated carbocycles. The molecule has 0 saturated heterocycles. The standard InChI is InChI=1S/C13H29O4P/c1-4-6-8-10-12-16-18(14,15-3)17-13-11-9-7-5-2/h4-13H2,1-3H3. The summed E-state index contributed by atoms with van der Waals surface area (Å²) in [6.07, 6.45) is 8.71. The van der Waals surface area contributed by atoms with Crippen LogP contribution in [0.1, 0.15) is 65.2 Å². The molecule has 0 aliphatic rings. The van der Waals surface area contributed by atoms with E-state index in [4.69, 9.17) is 13.6 Å². The fraction of sp³-hybridized carbons (Fsp3) is 1.00. The van der Waals surface area contributed by atoms with E-state index < -0.39 is 7.82 Å². The van der Waals surface area contributed by atoms with E-state index >= 15 is 0 Å². The monoisotopic (exact) mass is 280 g/mol. The van der Waals surface area contributed by atoms with Crippen LogP contribution >= 0.6 is 7.82 Å². The summed E-state index contributed by atoms with van der Waals surface area (Å²) in [4.78, 5) is 0. The summed E-state index contributed by atoms with van der Waals surface area (Å²) in [6, 6.07) is 0. The molecule has 0 fully saturated rings. The molecule has 5 heteroatoms. The van der Waals surface area contributed by atoms with Crippen molar-refractivity contribution in [3.05, 3.63) is 0 Å². The summed E-state index contributed by atoms with van der Waals surface area (Å²) < 4.78 is 27.3. The van der Waals surface area contributed by atoms with Gasteiger partial charge in [0.05, 0.1) is 13.2 Å². The van der Waals surface area contributed by atoms with Gasteiger partial charge in [0.2, 0.25) is 0 Å². The summed E-state index contributed by atoms with van der Waals surface area (Å²) in [5.74, 6) is 0. The van der Waals surface area contributed by atoms with Crippen LogP contribution < -0.4 is 0 Å². The van der Waals surface area contributed by atoms with Gasteiger partial charge in [0.15, 0.2) is 0 Å².